The van der Waals surface area contributed by atoms with Gasteiger partial charge in [0.15, 0.2) is 0 Å². The largest absolute Gasteiger partial charge is 0.490 e. The van der Waals surface area contributed by atoms with Crippen LogP contribution in [0.5, 0.6) is 11.5 Å². The van der Waals surface area contributed by atoms with E-state index in [0.717, 1.165) is 30.2 Å². The van der Waals surface area contributed by atoms with Gasteiger partial charge in [-0.25, -0.2) is 0 Å². The van der Waals surface area contributed by atoms with Crippen molar-refractivity contribution in [2.75, 3.05) is 24.7 Å². The fraction of sp³-hybridized carbons (Fsp3) is 0.278. The van der Waals surface area contributed by atoms with Crippen LogP contribution in [0.15, 0.2) is 48.5 Å². The summed E-state index contributed by atoms with van der Waals surface area (Å²) in [6.45, 7) is 1.70. The summed E-state index contributed by atoms with van der Waals surface area (Å²) < 4.78 is 11.2. The first kappa shape index (κ1) is 15.7. The summed E-state index contributed by atoms with van der Waals surface area (Å²) in [5.74, 6) is 1.72. The molecule has 0 spiro atoms. The molecule has 1 aliphatic heterocycles. The molecule has 2 aromatic rings. The number of benzene rings is 2. The topological polar surface area (TPSA) is 38.8 Å². The van der Waals surface area contributed by atoms with E-state index in [0.29, 0.717) is 24.7 Å². The Hall–Kier alpha value is -2.20. The number of rotatable bonds is 6. The minimum atomic E-state index is 0.190. The number of nitrogens with zero attached hydrogens (tertiary/aromatic N) is 1. The van der Waals surface area contributed by atoms with Gasteiger partial charge in [0, 0.05) is 23.7 Å². The first-order valence-corrected chi connectivity index (χ1v) is 8.02. The zero-order chi connectivity index (χ0) is 16.1. The van der Waals surface area contributed by atoms with Gasteiger partial charge >= 0.3 is 0 Å². The Morgan fingerprint density at radius 3 is 2.00 bits per heavy atom. The van der Waals surface area contributed by atoms with Crippen LogP contribution in [0, 0.1) is 0 Å². The number of hydrogen-bond donors (Lipinski definition) is 0. The molecule has 2 aromatic carbocycles. The Labute approximate surface area is 140 Å². The maximum atomic E-state index is 11.7. The van der Waals surface area contributed by atoms with Crippen molar-refractivity contribution in [3.05, 3.63) is 53.6 Å². The van der Waals surface area contributed by atoms with Gasteiger partial charge in [0.2, 0.25) is 5.91 Å². The fourth-order valence-electron chi connectivity index (χ4n) is 2.49. The van der Waals surface area contributed by atoms with Crippen LogP contribution in [0.4, 0.5) is 5.69 Å². The van der Waals surface area contributed by atoms with Crippen LogP contribution >= 0.6 is 11.6 Å². The molecule has 0 unspecified atom stereocenters. The van der Waals surface area contributed by atoms with Crippen LogP contribution in [0.2, 0.25) is 5.02 Å². The molecule has 1 saturated heterocycles. The molecule has 0 atom stereocenters. The van der Waals surface area contributed by atoms with Crippen molar-refractivity contribution < 1.29 is 14.3 Å². The maximum absolute atomic E-state index is 11.7. The van der Waals surface area contributed by atoms with Crippen LogP contribution in [-0.4, -0.2) is 25.7 Å². The van der Waals surface area contributed by atoms with Crippen LogP contribution in [0.1, 0.15) is 12.8 Å². The van der Waals surface area contributed by atoms with Crippen LogP contribution < -0.4 is 14.4 Å². The second-order valence-electron chi connectivity index (χ2n) is 5.29. The third kappa shape index (κ3) is 4.17. The van der Waals surface area contributed by atoms with Gasteiger partial charge in [-0.2, -0.15) is 0 Å². The maximum Gasteiger partial charge on any atom is 0.227 e. The number of carbonyl (C=O) groups is 1. The second kappa shape index (κ2) is 7.38. The number of anilines is 1. The Balaban J connectivity index is 1.45. The average Bonchev–Trinajstić information content (AvgIpc) is 3.00. The molecule has 23 heavy (non-hydrogen) atoms. The predicted octanol–water partition coefficient (Wildman–Crippen LogP) is 3.92. The van der Waals surface area contributed by atoms with Gasteiger partial charge in [-0.15, -0.1) is 0 Å². The monoisotopic (exact) mass is 331 g/mol. The molecule has 1 fully saturated rings. The second-order valence-corrected chi connectivity index (χ2v) is 5.73. The summed E-state index contributed by atoms with van der Waals surface area (Å²) >= 11 is 5.82. The first-order valence-electron chi connectivity index (χ1n) is 7.64. The van der Waals surface area contributed by atoms with E-state index in [1.807, 2.05) is 41.3 Å². The highest BCUT2D eigenvalue weighted by atomic mass is 35.5. The van der Waals surface area contributed by atoms with Crippen molar-refractivity contribution in [3.8, 4) is 11.5 Å². The highest BCUT2D eigenvalue weighted by molar-refractivity contribution is 6.30. The average molecular weight is 332 g/mol. The van der Waals surface area contributed by atoms with Gasteiger partial charge in [-0.1, -0.05) is 11.6 Å². The zero-order valence-electron chi connectivity index (χ0n) is 12.7. The minimum absolute atomic E-state index is 0.190. The van der Waals surface area contributed by atoms with Gasteiger partial charge in [0.25, 0.3) is 0 Å². The van der Waals surface area contributed by atoms with E-state index in [-0.39, 0.29) is 5.91 Å². The molecule has 0 radical (unpaired) electrons. The van der Waals surface area contributed by atoms with Crippen LogP contribution in [0.25, 0.3) is 0 Å². The molecule has 0 bridgehead atoms. The first-order chi connectivity index (χ1) is 11.2. The fourth-order valence-corrected chi connectivity index (χ4v) is 2.62. The van der Waals surface area contributed by atoms with Crippen molar-refractivity contribution in [2.45, 2.75) is 12.8 Å². The molecule has 0 N–H and O–H groups in total. The lowest BCUT2D eigenvalue weighted by Crippen LogP contribution is -2.23. The van der Waals surface area contributed by atoms with Gasteiger partial charge in [-0.3, -0.25) is 4.79 Å². The standard InChI is InChI=1S/C18H18ClNO3/c19-14-3-7-16(8-4-14)22-12-13-23-17-9-5-15(6-10-17)20-11-1-2-18(20)21/h3-10H,1-2,11-13H2. The molecule has 0 saturated carbocycles. The minimum Gasteiger partial charge on any atom is -0.490 e. The highest BCUT2D eigenvalue weighted by Crippen LogP contribution is 2.24. The normalized spacial score (nSPS) is 14.1. The third-order valence-electron chi connectivity index (χ3n) is 3.66. The Bertz CT molecular complexity index is 655. The van der Waals surface area contributed by atoms with Crippen molar-refractivity contribution in [2.24, 2.45) is 0 Å². The Morgan fingerprint density at radius 2 is 1.48 bits per heavy atom. The summed E-state index contributed by atoms with van der Waals surface area (Å²) in [6, 6.07) is 14.8. The lowest BCUT2D eigenvalue weighted by Gasteiger charge is -2.16. The van der Waals surface area contributed by atoms with E-state index in [2.05, 4.69) is 0 Å². The summed E-state index contributed by atoms with van der Waals surface area (Å²) in [4.78, 5) is 13.5. The Kier molecular flexibility index (Phi) is 5.03. The molecule has 1 heterocycles. The molecule has 4 nitrogen and oxygen atoms in total. The molecule has 0 aromatic heterocycles. The summed E-state index contributed by atoms with van der Waals surface area (Å²) in [5.41, 5.74) is 0.928. The number of amides is 1. The van der Waals surface area contributed by atoms with Crippen molar-refractivity contribution >= 4 is 23.2 Å². The van der Waals surface area contributed by atoms with Crippen molar-refractivity contribution in [1.82, 2.24) is 0 Å². The molecule has 5 heteroatoms. The Morgan fingerprint density at radius 1 is 0.913 bits per heavy atom. The molecule has 1 amide bonds. The molecule has 3 rings (SSSR count). The summed E-state index contributed by atoms with van der Waals surface area (Å²) in [6.07, 6.45) is 1.57. The lowest BCUT2D eigenvalue weighted by atomic mass is 10.3. The van der Waals surface area contributed by atoms with Crippen LogP contribution in [-0.2, 0) is 4.79 Å². The van der Waals surface area contributed by atoms with Gasteiger partial charge < -0.3 is 14.4 Å². The van der Waals surface area contributed by atoms with E-state index in [1.54, 1.807) is 12.1 Å². The van der Waals surface area contributed by atoms with Crippen molar-refractivity contribution in [1.29, 1.82) is 0 Å². The number of ether oxygens (including phenoxy) is 2. The van der Waals surface area contributed by atoms with E-state index < -0.39 is 0 Å². The van der Waals surface area contributed by atoms with Gasteiger partial charge in [0.1, 0.15) is 24.7 Å². The van der Waals surface area contributed by atoms with Crippen LogP contribution in [0.3, 0.4) is 0 Å². The SMILES string of the molecule is O=C1CCCN1c1ccc(OCCOc2ccc(Cl)cc2)cc1. The predicted molar refractivity (Wildman–Crippen MR) is 90.5 cm³/mol. The highest BCUT2D eigenvalue weighted by Gasteiger charge is 2.21. The molecular weight excluding hydrogens is 314 g/mol. The molecule has 120 valence electrons. The molecule has 1 aliphatic rings. The van der Waals surface area contributed by atoms with Crippen molar-refractivity contribution in [3.63, 3.8) is 0 Å². The van der Waals surface area contributed by atoms with E-state index in [9.17, 15) is 4.79 Å². The number of halogens is 1. The van der Waals surface area contributed by atoms with Gasteiger partial charge in [0.05, 0.1) is 0 Å². The smallest absolute Gasteiger partial charge is 0.227 e. The summed E-state index contributed by atoms with van der Waals surface area (Å²) in [7, 11) is 0. The zero-order valence-corrected chi connectivity index (χ0v) is 13.5. The number of hydrogen-bond acceptors (Lipinski definition) is 3. The summed E-state index contributed by atoms with van der Waals surface area (Å²) in [5, 5.41) is 0.685. The van der Waals surface area contributed by atoms with E-state index in [1.165, 1.54) is 0 Å². The molecular formula is C18H18ClNO3. The number of carbonyl (C=O) groups excluding carboxylic acids is 1. The van der Waals surface area contributed by atoms with E-state index in [4.69, 9.17) is 21.1 Å². The van der Waals surface area contributed by atoms with E-state index >= 15 is 0 Å². The third-order valence-corrected chi connectivity index (χ3v) is 3.91. The van der Waals surface area contributed by atoms with Gasteiger partial charge in [-0.05, 0) is 55.0 Å². The molecule has 0 aliphatic carbocycles. The lowest BCUT2D eigenvalue weighted by molar-refractivity contribution is -0.117. The quantitative estimate of drug-likeness (QED) is 0.753.